The van der Waals surface area contributed by atoms with Gasteiger partial charge >= 0.3 is 0 Å². The highest BCUT2D eigenvalue weighted by Crippen LogP contribution is 2.31. The Kier molecular flexibility index (Phi) is 2.94. The normalized spacial score (nSPS) is 18.0. The molecule has 0 aromatic carbocycles. The van der Waals surface area contributed by atoms with E-state index in [-0.39, 0.29) is 0 Å². The average molecular weight is 205 g/mol. The number of aryl methyl sites for hydroxylation is 2. The van der Waals surface area contributed by atoms with Gasteiger partial charge in [-0.25, -0.2) is 0 Å². The summed E-state index contributed by atoms with van der Waals surface area (Å²) in [5, 5.41) is 11.9. The summed E-state index contributed by atoms with van der Waals surface area (Å²) < 4.78 is 1.13. The van der Waals surface area contributed by atoms with Gasteiger partial charge in [-0.05, 0) is 25.3 Å². The molecular weight excluding hydrogens is 186 g/mol. The van der Waals surface area contributed by atoms with Gasteiger partial charge in [-0.15, -0.1) is 0 Å². The summed E-state index contributed by atoms with van der Waals surface area (Å²) >= 11 is 0. The molecule has 0 unspecified atom stereocenters. The third kappa shape index (κ3) is 2.14. The number of pyridine rings is 1. The SMILES string of the molecule is Cc1cc(C)[n+]([O-])c(C2CCCCC2)c1. The van der Waals surface area contributed by atoms with Gasteiger partial charge in [0, 0.05) is 25.0 Å². The zero-order valence-corrected chi connectivity index (χ0v) is 9.62. The maximum absolute atomic E-state index is 11.9. The zero-order valence-electron chi connectivity index (χ0n) is 9.62. The van der Waals surface area contributed by atoms with Crippen molar-refractivity contribution in [1.82, 2.24) is 0 Å². The Bertz CT molecular complexity index is 354. The highest BCUT2D eigenvalue weighted by Gasteiger charge is 2.23. The van der Waals surface area contributed by atoms with Crippen molar-refractivity contribution in [2.75, 3.05) is 0 Å². The van der Waals surface area contributed by atoms with Gasteiger partial charge in [0.1, 0.15) is 0 Å². The quantitative estimate of drug-likeness (QED) is 0.511. The van der Waals surface area contributed by atoms with E-state index >= 15 is 0 Å². The molecule has 0 aliphatic heterocycles. The summed E-state index contributed by atoms with van der Waals surface area (Å²) in [5.74, 6) is 0.495. The van der Waals surface area contributed by atoms with Crippen LogP contribution < -0.4 is 4.73 Å². The van der Waals surface area contributed by atoms with E-state index in [1.54, 1.807) is 0 Å². The molecule has 0 radical (unpaired) electrons. The van der Waals surface area contributed by atoms with Gasteiger partial charge < -0.3 is 5.21 Å². The van der Waals surface area contributed by atoms with Gasteiger partial charge in [-0.2, -0.15) is 4.73 Å². The van der Waals surface area contributed by atoms with Crippen LogP contribution in [0.15, 0.2) is 12.1 Å². The molecule has 0 amide bonds. The first-order valence-corrected chi connectivity index (χ1v) is 5.89. The topological polar surface area (TPSA) is 26.9 Å². The monoisotopic (exact) mass is 205 g/mol. The lowest BCUT2D eigenvalue weighted by atomic mass is 9.86. The fourth-order valence-electron chi connectivity index (χ4n) is 2.61. The molecule has 0 saturated heterocycles. The molecule has 82 valence electrons. The van der Waals surface area contributed by atoms with Crippen LogP contribution in [0.3, 0.4) is 0 Å². The van der Waals surface area contributed by atoms with Crippen LogP contribution in [0, 0.1) is 19.1 Å². The molecule has 0 atom stereocenters. The van der Waals surface area contributed by atoms with Crippen LogP contribution in [0.1, 0.15) is 55.0 Å². The Morgan fingerprint density at radius 3 is 2.47 bits per heavy atom. The Labute approximate surface area is 91.5 Å². The number of hydrogen-bond donors (Lipinski definition) is 0. The molecule has 1 aliphatic rings. The summed E-state index contributed by atoms with van der Waals surface area (Å²) in [7, 11) is 0. The van der Waals surface area contributed by atoms with Crippen LogP contribution in [0.25, 0.3) is 0 Å². The predicted molar refractivity (Wildman–Crippen MR) is 60.7 cm³/mol. The predicted octanol–water partition coefficient (Wildman–Crippen LogP) is 2.98. The maximum atomic E-state index is 11.9. The van der Waals surface area contributed by atoms with Gasteiger partial charge in [0.25, 0.3) is 0 Å². The third-order valence-electron chi connectivity index (χ3n) is 3.39. The number of aromatic nitrogens is 1. The van der Waals surface area contributed by atoms with Crippen molar-refractivity contribution in [3.63, 3.8) is 0 Å². The molecule has 1 aromatic rings. The largest absolute Gasteiger partial charge is 0.618 e. The van der Waals surface area contributed by atoms with Gasteiger partial charge in [0.05, 0.1) is 0 Å². The minimum atomic E-state index is 0.495. The third-order valence-corrected chi connectivity index (χ3v) is 3.39. The van der Waals surface area contributed by atoms with E-state index in [2.05, 4.69) is 13.0 Å². The average Bonchev–Trinajstić information content (AvgIpc) is 2.24. The highest BCUT2D eigenvalue weighted by molar-refractivity contribution is 5.17. The second kappa shape index (κ2) is 4.21. The Morgan fingerprint density at radius 1 is 1.13 bits per heavy atom. The van der Waals surface area contributed by atoms with Crippen molar-refractivity contribution in [2.45, 2.75) is 51.9 Å². The van der Waals surface area contributed by atoms with Gasteiger partial charge in [0.15, 0.2) is 11.4 Å². The second-order valence-corrected chi connectivity index (χ2v) is 4.73. The van der Waals surface area contributed by atoms with Gasteiger partial charge in [-0.1, -0.05) is 19.3 Å². The molecule has 0 bridgehead atoms. The van der Waals surface area contributed by atoms with Crippen LogP contribution in [0.4, 0.5) is 0 Å². The smallest absolute Gasteiger partial charge is 0.196 e. The fraction of sp³-hybridized carbons (Fsp3) is 0.615. The fourth-order valence-corrected chi connectivity index (χ4v) is 2.61. The summed E-state index contributed by atoms with van der Waals surface area (Å²) in [6, 6.07) is 4.02. The molecule has 2 rings (SSSR count). The van der Waals surface area contributed by atoms with Crippen molar-refractivity contribution in [2.24, 2.45) is 0 Å². The number of nitrogens with zero attached hydrogens (tertiary/aromatic N) is 1. The molecule has 1 saturated carbocycles. The Hall–Kier alpha value is -1.05. The first kappa shape index (κ1) is 10.5. The van der Waals surface area contributed by atoms with Crippen molar-refractivity contribution >= 4 is 0 Å². The van der Waals surface area contributed by atoms with Crippen LogP contribution in [-0.4, -0.2) is 0 Å². The zero-order chi connectivity index (χ0) is 10.8. The molecule has 2 heteroatoms. The lowest BCUT2D eigenvalue weighted by Crippen LogP contribution is -2.37. The summed E-state index contributed by atoms with van der Waals surface area (Å²) in [5.41, 5.74) is 3.03. The highest BCUT2D eigenvalue weighted by atomic mass is 16.5. The molecule has 1 fully saturated rings. The molecule has 0 N–H and O–H groups in total. The number of hydrogen-bond acceptors (Lipinski definition) is 1. The molecule has 0 spiro atoms. The maximum Gasteiger partial charge on any atom is 0.196 e. The van der Waals surface area contributed by atoms with Crippen LogP contribution in [-0.2, 0) is 0 Å². The van der Waals surface area contributed by atoms with Crippen molar-refractivity contribution < 1.29 is 4.73 Å². The summed E-state index contributed by atoms with van der Waals surface area (Å²) in [6.45, 7) is 3.96. The Balaban J connectivity index is 2.33. The minimum Gasteiger partial charge on any atom is -0.618 e. The second-order valence-electron chi connectivity index (χ2n) is 4.73. The number of rotatable bonds is 1. The standard InChI is InChI=1S/C13H19NO/c1-10-8-11(2)14(15)13(9-10)12-6-4-3-5-7-12/h8-9,12H,3-7H2,1-2H3. The van der Waals surface area contributed by atoms with Gasteiger partial charge in [-0.3, -0.25) is 0 Å². The molecule has 1 aliphatic carbocycles. The first-order chi connectivity index (χ1) is 7.18. The van der Waals surface area contributed by atoms with Crippen molar-refractivity contribution in [3.05, 3.63) is 34.3 Å². The first-order valence-electron chi connectivity index (χ1n) is 5.89. The minimum absolute atomic E-state index is 0.495. The Morgan fingerprint density at radius 2 is 1.80 bits per heavy atom. The van der Waals surface area contributed by atoms with E-state index in [0.717, 1.165) is 16.1 Å². The van der Waals surface area contributed by atoms with E-state index in [1.165, 1.54) is 37.7 Å². The lowest BCUT2D eigenvalue weighted by Gasteiger charge is -2.21. The van der Waals surface area contributed by atoms with Crippen LogP contribution >= 0.6 is 0 Å². The van der Waals surface area contributed by atoms with E-state index in [0.29, 0.717) is 5.92 Å². The van der Waals surface area contributed by atoms with E-state index < -0.39 is 0 Å². The molecule has 15 heavy (non-hydrogen) atoms. The van der Waals surface area contributed by atoms with E-state index in [9.17, 15) is 5.21 Å². The summed E-state index contributed by atoms with van der Waals surface area (Å²) in [6.07, 6.45) is 6.26. The molecule has 2 nitrogen and oxygen atoms in total. The van der Waals surface area contributed by atoms with Crippen LogP contribution in [0.5, 0.6) is 0 Å². The van der Waals surface area contributed by atoms with Gasteiger partial charge in [0.2, 0.25) is 0 Å². The molecule has 1 heterocycles. The van der Waals surface area contributed by atoms with Crippen molar-refractivity contribution in [3.8, 4) is 0 Å². The lowest BCUT2D eigenvalue weighted by molar-refractivity contribution is -0.622. The van der Waals surface area contributed by atoms with E-state index in [1.807, 2.05) is 13.0 Å². The summed E-state index contributed by atoms with van der Waals surface area (Å²) in [4.78, 5) is 0. The molecule has 1 aromatic heterocycles. The van der Waals surface area contributed by atoms with Crippen LogP contribution in [0.2, 0.25) is 0 Å². The van der Waals surface area contributed by atoms with E-state index in [4.69, 9.17) is 0 Å². The molecular formula is C13H19NO. The van der Waals surface area contributed by atoms with Crippen molar-refractivity contribution in [1.29, 1.82) is 0 Å².